The number of rotatable bonds is 5. The van der Waals surface area contributed by atoms with E-state index < -0.39 is 10.0 Å². The lowest BCUT2D eigenvalue weighted by atomic mass is 10.3. The molecule has 0 spiro atoms. The molecule has 35 heavy (non-hydrogen) atoms. The molecule has 2 heterocycles. The number of nitrogens with zero attached hydrogens (tertiary/aromatic N) is 2. The van der Waals surface area contributed by atoms with Crippen LogP contribution in [0.2, 0.25) is 0 Å². The zero-order valence-electron chi connectivity index (χ0n) is 19.3. The molecule has 0 radical (unpaired) electrons. The molecular formula is C24H27N7O3S. The fraction of sp³-hybridized carbons (Fsp3) is 0.250. The van der Waals surface area contributed by atoms with Crippen LogP contribution >= 0.6 is 0 Å². The van der Waals surface area contributed by atoms with Gasteiger partial charge in [0.1, 0.15) is 11.6 Å². The van der Waals surface area contributed by atoms with Gasteiger partial charge in [-0.05, 0) is 48.9 Å². The predicted molar refractivity (Wildman–Crippen MR) is 136 cm³/mol. The molecule has 4 bridgehead atoms. The molecule has 1 aromatic heterocycles. The number of sulfonamides is 1. The summed E-state index contributed by atoms with van der Waals surface area (Å²) in [5.41, 5.74) is 2.21. The fourth-order valence-corrected chi connectivity index (χ4v) is 4.38. The Kier molecular flexibility index (Phi) is 7.99. The van der Waals surface area contributed by atoms with E-state index >= 15 is 0 Å². The van der Waals surface area contributed by atoms with E-state index in [-0.39, 0.29) is 4.90 Å². The van der Waals surface area contributed by atoms with Crippen LogP contribution in [-0.4, -0.2) is 51.8 Å². The third-order valence-electron chi connectivity index (χ3n) is 5.07. The van der Waals surface area contributed by atoms with Crippen molar-refractivity contribution in [3.05, 3.63) is 60.3 Å². The lowest BCUT2D eigenvalue weighted by Gasteiger charge is -2.10. The van der Waals surface area contributed by atoms with E-state index in [0.29, 0.717) is 55.7 Å². The molecular weight excluding hydrogens is 466 g/mol. The van der Waals surface area contributed by atoms with Crippen LogP contribution in [0.5, 0.6) is 5.75 Å². The highest BCUT2D eigenvalue weighted by Crippen LogP contribution is 2.21. The molecule has 0 unspecified atom stereocenters. The zero-order chi connectivity index (χ0) is 24.5. The molecule has 4 rings (SSSR count). The average molecular weight is 494 g/mol. The Balaban J connectivity index is 1.40. The van der Waals surface area contributed by atoms with Crippen LogP contribution in [0, 0.1) is 11.8 Å². The van der Waals surface area contributed by atoms with Crippen LogP contribution in [0.15, 0.2) is 59.6 Å². The number of nitrogens with one attached hydrogen (secondary N) is 5. The SMILES string of the molecule is COc1ccc(NCNCC#Cc2cnc3nc2NCCCNS(=O)(=O)c2cccc(c2)N3)cc1. The standard InChI is InChI=1S/C24H27N7O3S/c1-34-21-10-8-19(9-11-21)28-17-25-12-3-5-18-16-27-24-30-20-6-2-7-22(15-20)35(32,33)29-14-4-13-26-23(18)31-24/h2,6-11,15-16,25,28-29H,4,12-14,17H2,1H3,(H2,26,27,30,31). The second-order valence-corrected chi connectivity index (χ2v) is 9.36. The minimum atomic E-state index is -3.58. The molecule has 5 N–H and O–H groups in total. The summed E-state index contributed by atoms with van der Waals surface area (Å²) in [6, 6.07) is 14.2. The van der Waals surface area contributed by atoms with Crippen molar-refractivity contribution in [2.45, 2.75) is 11.3 Å². The lowest BCUT2D eigenvalue weighted by Crippen LogP contribution is -2.26. The van der Waals surface area contributed by atoms with Gasteiger partial charge in [0.25, 0.3) is 0 Å². The van der Waals surface area contributed by atoms with Crippen LogP contribution < -0.4 is 30.7 Å². The molecule has 182 valence electrons. The van der Waals surface area contributed by atoms with Crippen molar-refractivity contribution >= 4 is 33.2 Å². The molecule has 0 atom stereocenters. The third-order valence-corrected chi connectivity index (χ3v) is 6.53. The van der Waals surface area contributed by atoms with Crippen LogP contribution in [0.1, 0.15) is 12.0 Å². The molecule has 1 aliphatic rings. The first kappa shape index (κ1) is 24.3. The second-order valence-electron chi connectivity index (χ2n) is 7.60. The number of ether oxygens (including phenoxy) is 1. The highest BCUT2D eigenvalue weighted by atomic mass is 32.2. The zero-order valence-corrected chi connectivity index (χ0v) is 20.1. The summed E-state index contributed by atoms with van der Waals surface area (Å²) in [7, 11) is -1.94. The second kappa shape index (κ2) is 11.5. The highest BCUT2D eigenvalue weighted by Gasteiger charge is 2.15. The third kappa shape index (κ3) is 6.83. The van der Waals surface area contributed by atoms with Crippen LogP contribution in [0.25, 0.3) is 0 Å². The highest BCUT2D eigenvalue weighted by molar-refractivity contribution is 7.89. The Labute approximate surface area is 205 Å². The van der Waals surface area contributed by atoms with Gasteiger partial charge in [0.15, 0.2) is 0 Å². The number of methoxy groups -OCH3 is 1. The first-order valence-corrected chi connectivity index (χ1v) is 12.6. The number of anilines is 4. The smallest absolute Gasteiger partial charge is 0.240 e. The summed E-state index contributed by atoms with van der Waals surface area (Å²) in [6.45, 7) is 1.85. The predicted octanol–water partition coefficient (Wildman–Crippen LogP) is 2.33. The largest absolute Gasteiger partial charge is 0.497 e. The molecule has 1 aliphatic heterocycles. The molecule has 0 fully saturated rings. The maximum Gasteiger partial charge on any atom is 0.240 e. The van der Waals surface area contributed by atoms with Gasteiger partial charge in [0.05, 0.1) is 37.0 Å². The summed E-state index contributed by atoms with van der Waals surface area (Å²) >= 11 is 0. The maximum absolute atomic E-state index is 12.5. The van der Waals surface area contributed by atoms with Crippen molar-refractivity contribution in [3.8, 4) is 17.6 Å². The van der Waals surface area contributed by atoms with Gasteiger partial charge >= 0.3 is 0 Å². The number of fused-ring (bicyclic) bond motifs is 4. The Morgan fingerprint density at radius 3 is 2.83 bits per heavy atom. The molecule has 0 saturated carbocycles. The normalized spacial score (nSPS) is 14.4. The minimum Gasteiger partial charge on any atom is -0.497 e. The number of hydrogen-bond donors (Lipinski definition) is 5. The van der Waals surface area contributed by atoms with E-state index in [2.05, 4.69) is 47.8 Å². The molecule has 0 aliphatic carbocycles. The van der Waals surface area contributed by atoms with Gasteiger partial charge < -0.3 is 20.7 Å². The van der Waals surface area contributed by atoms with E-state index in [1.165, 1.54) is 0 Å². The van der Waals surface area contributed by atoms with Gasteiger partial charge in [-0.1, -0.05) is 17.9 Å². The monoisotopic (exact) mass is 493 g/mol. The van der Waals surface area contributed by atoms with E-state index in [0.717, 1.165) is 11.4 Å². The summed E-state index contributed by atoms with van der Waals surface area (Å²) in [5.74, 6) is 7.93. The quantitative estimate of drug-likeness (QED) is 0.207. The molecule has 2 aromatic carbocycles. The summed E-state index contributed by atoms with van der Waals surface area (Å²) in [5, 5.41) is 12.8. The minimum absolute atomic E-state index is 0.186. The van der Waals surface area contributed by atoms with Crippen molar-refractivity contribution in [1.82, 2.24) is 20.0 Å². The molecule has 3 aromatic rings. The van der Waals surface area contributed by atoms with Gasteiger partial charge in [0.2, 0.25) is 16.0 Å². The number of hydrogen-bond acceptors (Lipinski definition) is 9. The molecule has 0 saturated heterocycles. The summed E-state index contributed by atoms with van der Waals surface area (Å²) in [6.07, 6.45) is 2.23. The summed E-state index contributed by atoms with van der Waals surface area (Å²) < 4.78 is 32.7. The lowest BCUT2D eigenvalue weighted by molar-refractivity contribution is 0.415. The van der Waals surface area contributed by atoms with Crippen molar-refractivity contribution in [3.63, 3.8) is 0 Å². The van der Waals surface area contributed by atoms with E-state index in [1.807, 2.05) is 24.3 Å². The first-order chi connectivity index (χ1) is 17.0. The van der Waals surface area contributed by atoms with Crippen molar-refractivity contribution in [2.24, 2.45) is 0 Å². The van der Waals surface area contributed by atoms with Gasteiger partial charge in [-0.15, -0.1) is 0 Å². The van der Waals surface area contributed by atoms with Gasteiger partial charge in [0, 0.05) is 24.5 Å². The van der Waals surface area contributed by atoms with E-state index in [9.17, 15) is 8.42 Å². The topological polar surface area (TPSA) is 129 Å². The number of aromatic nitrogens is 2. The van der Waals surface area contributed by atoms with Crippen LogP contribution in [-0.2, 0) is 10.0 Å². The molecule has 11 heteroatoms. The Morgan fingerprint density at radius 1 is 1.14 bits per heavy atom. The van der Waals surface area contributed by atoms with E-state index in [4.69, 9.17) is 4.74 Å². The summed E-state index contributed by atoms with van der Waals surface area (Å²) in [4.78, 5) is 9.08. The Hall–Kier alpha value is -3.85. The molecule has 0 amide bonds. The fourth-order valence-electron chi connectivity index (χ4n) is 3.26. The number of benzene rings is 2. The van der Waals surface area contributed by atoms with Crippen molar-refractivity contribution in [2.75, 3.05) is 49.4 Å². The average Bonchev–Trinajstić information content (AvgIpc) is 2.87. The molecule has 10 nitrogen and oxygen atoms in total. The van der Waals surface area contributed by atoms with Gasteiger partial charge in [-0.2, -0.15) is 4.98 Å². The maximum atomic E-state index is 12.5. The van der Waals surface area contributed by atoms with Gasteiger partial charge in [-0.3, -0.25) is 5.32 Å². The van der Waals surface area contributed by atoms with E-state index in [1.54, 1.807) is 37.6 Å². The Bertz CT molecular complexity index is 1320. The van der Waals surface area contributed by atoms with Crippen molar-refractivity contribution in [1.29, 1.82) is 0 Å². The van der Waals surface area contributed by atoms with Crippen LogP contribution in [0.4, 0.5) is 23.1 Å². The van der Waals surface area contributed by atoms with Crippen LogP contribution in [0.3, 0.4) is 0 Å². The van der Waals surface area contributed by atoms with Gasteiger partial charge in [-0.25, -0.2) is 18.1 Å². The van der Waals surface area contributed by atoms with Crippen molar-refractivity contribution < 1.29 is 13.2 Å². The Morgan fingerprint density at radius 2 is 2.00 bits per heavy atom. The first-order valence-electron chi connectivity index (χ1n) is 11.1.